The standard InChI is InChI=1S/C14H21ClN4O/c1-16-13-12(15)7-10(8-17-13)14(20)19-6-4-5-11(9-19)18(2)3/h7-8,11H,4-6,9H2,1-3H3,(H,16,17). The van der Waals surface area contributed by atoms with E-state index in [0.717, 1.165) is 25.9 Å². The van der Waals surface area contributed by atoms with E-state index in [0.29, 0.717) is 22.4 Å². The lowest BCUT2D eigenvalue weighted by Crippen LogP contribution is -2.47. The molecular formula is C14H21ClN4O. The predicted molar refractivity (Wildman–Crippen MR) is 81.4 cm³/mol. The van der Waals surface area contributed by atoms with Crippen LogP contribution in [0.4, 0.5) is 5.82 Å². The lowest BCUT2D eigenvalue weighted by atomic mass is 10.0. The van der Waals surface area contributed by atoms with Crippen LogP contribution < -0.4 is 5.32 Å². The van der Waals surface area contributed by atoms with Gasteiger partial charge in [-0.3, -0.25) is 4.79 Å². The number of likely N-dealkylation sites (tertiary alicyclic amines) is 1. The third kappa shape index (κ3) is 3.22. The molecule has 0 aromatic carbocycles. The van der Waals surface area contributed by atoms with E-state index in [1.807, 2.05) is 4.90 Å². The Labute approximate surface area is 124 Å². The molecule has 1 amide bonds. The van der Waals surface area contributed by atoms with E-state index in [1.165, 1.54) is 0 Å². The Kier molecular flexibility index (Phi) is 4.83. The molecule has 0 saturated carbocycles. The van der Waals surface area contributed by atoms with Gasteiger partial charge in [0, 0.05) is 32.4 Å². The molecular weight excluding hydrogens is 276 g/mol. The fourth-order valence-electron chi connectivity index (χ4n) is 2.48. The van der Waals surface area contributed by atoms with E-state index in [-0.39, 0.29) is 5.91 Å². The number of hydrogen-bond acceptors (Lipinski definition) is 4. The number of rotatable bonds is 3. The van der Waals surface area contributed by atoms with Gasteiger partial charge in [0.2, 0.25) is 0 Å². The van der Waals surface area contributed by atoms with Crippen LogP contribution in [0.25, 0.3) is 0 Å². The van der Waals surface area contributed by atoms with Crippen molar-refractivity contribution in [2.45, 2.75) is 18.9 Å². The van der Waals surface area contributed by atoms with E-state index in [4.69, 9.17) is 11.6 Å². The number of piperidine rings is 1. The Balaban J connectivity index is 2.12. The number of nitrogens with zero attached hydrogens (tertiary/aromatic N) is 3. The fourth-order valence-corrected chi connectivity index (χ4v) is 2.74. The number of halogens is 1. The van der Waals surface area contributed by atoms with Gasteiger partial charge in [0.05, 0.1) is 10.6 Å². The van der Waals surface area contributed by atoms with Gasteiger partial charge >= 0.3 is 0 Å². The number of pyridine rings is 1. The van der Waals surface area contributed by atoms with Crippen molar-refractivity contribution >= 4 is 23.3 Å². The first-order chi connectivity index (χ1) is 9.52. The fraction of sp³-hybridized carbons (Fsp3) is 0.571. The summed E-state index contributed by atoms with van der Waals surface area (Å²) in [5.41, 5.74) is 0.549. The van der Waals surface area contributed by atoms with Crippen LogP contribution in [-0.2, 0) is 0 Å². The van der Waals surface area contributed by atoms with Crippen LogP contribution in [0.1, 0.15) is 23.2 Å². The molecule has 1 fully saturated rings. The summed E-state index contributed by atoms with van der Waals surface area (Å²) in [6.45, 7) is 1.56. The molecule has 1 aliphatic heterocycles. The van der Waals surface area contributed by atoms with Gasteiger partial charge in [-0.25, -0.2) is 4.98 Å². The first-order valence-corrected chi connectivity index (χ1v) is 7.19. The third-order valence-electron chi connectivity index (χ3n) is 3.74. The quantitative estimate of drug-likeness (QED) is 0.926. The number of amides is 1. The van der Waals surface area contributed by atoms with Crippen molar-refractivity contribution in [2.24, 2.45) is 0 Å². The van der Waals surface area contributed by atoms with Gasteiger partial charge in [-0.1, -0.05) is 11.6 Å². The molecule has 20 heavy (non-hydrogen) atoms. The summed E-state index contributed by atoms with van der Waals surface area (Å²) in [4.78, 5) is 20.7. The maximum atomic E-state index is 12.5. The average molecular weight is 297 g/mol. The number of nitrogens with one attached hydrogen (secondary N) is 1. The van der Waals surface area contributed by atoms with Crippen molar-refractivity contribution in [2.75, 3.05) is 39.5 Å². The Morgan fingerprint density at radius 3 is 2.90 bits per heavy atom. The Bertz CT molecular complexity index is 492. The van der Waals surface area contributed by atoms with Gasteiger partial charge in [0.15, 0.2) is 0 Å². The number of hydrogen-bond donors (Lipinski definition) is 1. The molecule has 6 heteroatoms. The second-order valence-corrected chi connectivity index (χ2v) is 5.72. The molecule has 2 heterocycles. The van der Waals surface area contributed by atoms with Crippen molar-refractivity contribution in [3.05, 3.63) is 22.8 Å². The maximum Gasteiger partial charge on any atom is 0.255 e. The highest BCUT2D eigenvalue weighted by atomic mass is 35.5. The van der Waals surface area contributed by atoms with Gasteiger partial charge < -0.3 is 15.1 Å². The van der Waals surface area contributed by atoms with Gasteiger partial charge in [-0.05, 0) is 33.0 Å². The summed E-state index contributed by atoms with van der Waals surface area (Å²) in [5.74, 6) is 0.599. The van der Waals surface area contributed by atoms with Crippen LogP contribution in [0, 0.1) is 0 Å². The van der Waals surface area contributed by atoms with Gasteiger partial charge in [-0.2, -0.15) is 0 Å². The van der Waals surface area contributed by atoms with E-state index in [2.05, 4.69) is 29.3 Å². The minimum atomic E-state index is 0.00797. The summed E-state index contributed by atoms with van der Waals surface area (Å²) in [7, 11) is 5.86. The molecule has 1 saturated heterocycles. The molecule has 0 bridgehead atoms. The van der Waals surface area contributed by atoms with Crippen LogP contribution in [0.15, 0.2) is 12.3 Å². The normalized spacial score (nSPS) is 19.2. The molecule has 1 unspecified atom stereocenters. The molecule has 0 spiro atoms. The molecule has 2 rings (SSSR count). The topological polar surface area (TPSA) is 48.5 Å². The second-order valence-electron chi connectivity index (χ2n) is 5.32. The molecule has 0 aliphatic carbocycles. The molecule has 5 nitrogen and oxygen atoms in total. The summed E-state index contributed by atoms with van der Waals surface area (Å²) in [5, 5.41) is 3.36. The van der Waals surface area contributed by atoms with Crippen molar-refractivity contribution in [1.29, 1.82) is 0 Å². The Hall–Kier alpha value is -1.33. The molecule has 1 N–H and O–H groups in total. The number of anilines is 1. The van der Waals surface area contributed by atoms with Crippen molar-refractivity contribution < 1.29 is 4.79 Å². The highest BCUT2D eigenvalue weighted by molar-refractivity contribution is 6.33. The first-order valence-electron chi connectivity index (χ1n) is 6.82. The second kappa shape index (κ2) is 6.41. The molecule has 0 radical (unpaired) electrons. The van der Waals surface area contributed by atoms with E-state index < -0.39 is 0 Å². The number of aromatic nitrogens is 1. The lowest BCUT2D eigenvalue weighted by molar-refractivity contribution is 0.0635. The molecule has 1 atom stereocenters. The maximum absolute atomic E-state index is 12.5. The molecule has 1 aromatic heterocycles. The predicted octanol–water partition coefficient (Wildman–Crippen LogP) is 1.94. The SMILES string of the molecule is CNc1ncc(C(=O)N2CCCC(N(C)C)C2)cc1Cl. The van der Waals surface area contributed by atoms with E-state index in [1.54, 1.807) is 19.3 Å². The van der Waals surface area contributed by atoms with Crippen LogP contribution in [0.5, 0.6) is 0 Å². The van der Waals surface area contributed by atoms with E-state index in [9.17, 15) is 4.79 Å². The minimum Gasteiger partial charge on any atom is -0.372 e. The summed E-state index contributed by atoms with van der Waals surface area (Å²) in [6.07, 6.45) is 3.75. The average Bonchev–Trinajstić information content (AvgIpc) is 2.46. The molecule has 110 valence electrons. The Morgan fingerprint density at radius 2 is 2.30 bits per heavy atom. The summed E-state index contributed by atoms with van der Waals surface area (Å²) < 4.78 is 0. The van der Waals surface area contributed by atoms with Crippen LogP contribution in [-0.4, -0.2) is 61.0 Å². The molecule has 1 aliphatic rings. The van der Waals surface area contributed by atoms with Crippen molar-refractivity contribution in [3.8, 4) is 0 Å². The van der Waals surface area contributed by atoms with E-state index >= 15 is 0 Å². The highest BCUT2D eigenvalue weighted by Gasteiger charge is 2.26. The third-order valence-corrected chi connectivity index (χ3v) is 4.03. The van der Waals surface area contributed by atoms with Crippen molar-refractivity contribution in [1.82, 2.24) is 14.8 Å². The number of carbonyl (C=O) groups is 1. The zero-order chi connectivity index (χ0) is 14.7. The minimum absolute atomic E-state index is 0.00797. The molecule has 1 aromatic rings. The van der Waals surface area contributed by atoms with Gasteiger partial charge in [0.25, 0.3) is 5.91 Å². The number of carbonyl (C=O) groups excluding carboxylic acids is 1. The van der Waals surface area contributed by atoms with Crippen LogP contribution >= 0.6 is 11.6 Å². The highest BCUT2D eigenvalue weighted by Crippen LogP contribution is 2.22. The monoisotopic (exact) mass is 296 g/mol. The van der Waals surface area contributed by atoms with Gasteiger partial charge in [0.1, 0.15) is 5.82 Å². The summed E-state index contributed by atoms with van der Waals surface area (Å²) >= 11 is 6.09. The van der Waals surface area contributed by atoms with Crippen LogP contribution in [0.3, 0.4) is 0 Å². The summed E-state index contributed by atoms with van der Waals surface area (Å²) in [6, 6.07) is 2.11. The zero-order valence-electron chi connectivity index (χ0n) is 12.2. The largest absolute Gasteiger partial charge is 0.372 e. The zero-order valence-corrected chi connectivity index (χ0v) is 12.9. The van der Waals surface area contributed by atoms with Gasteiger partial charge in [-0.15, -0.1) is 0 Å². The van der Waals surface area contributed by atoms with Crippen molar-refractivity contribution in [3.63, 3.8) is 0 Å². The number of likely N-dealkylation sites (N-methyl/N-ethyl adjacent to an activating group) is 1. The Morgan fingerprint density at radius 1 is 1.55 bits per heavy atom. The smallest absolute Gasteiger partial charge is 0.255 e. The van der Waals surface area contributed by atoms with Crippen LogP contribution in [0.2, 0.25) is 5.02 Å². The lowest BCUT2D eigenvalue weighted by Gasteiger charge is -2.36. The first kappa shape index (κ1) is 15.1.